The minimum atomic E-state index is -3.70. The maximum Gasteiger partial charge on any atom is 0.410 e. The lowest BCUT2D eigenvalue weighted by Gasteiger charge is -2.34. The van der Waals surface area contributed by atoms with Crippen molar-refractivity contribution < 1.29 is 26.5 Å². The third-order valence-electron chi connectivity index (χ3n) is 2.43. The smallest absolute Gasteiger partial charge is 0.410 e. The summed E-state index contributed by atoms with van der Waals surface area (Å²) >= 11 is 0. The van der Waals surface area contributed by atoms with E-state index in [9.17, 15) is 17.6 Å². The largest absolute Gasteiger partial charge is 0.444 e. The van der Waals surface area contributed by atoms with Crippen LogP contribution in [0.25, 0.3) is 0 Å². The van der Waals surface area contributed by atoms with E-state index in [1.165, 1.54) is 4.90 Å². The number of nitrogens with zero attached hydrogens (tertiary/aromatic N) is 1. The first-order chi connectivity index (χ1) is 8.48. The zero-order chi connectivity index (χ0) is 14.8. The van der Waals surface area contributed by atoms with Gasteiger partial charge in [-0.3, -0.25) is 4.18 Å². The molecular weight excluding hydrogens is 277 g/mol. The van der Waals surface area contributed by atoms with Gasteiger partial charge in [0.15, 0.2) is 0 Å². The number of carbonyl (C=O) groups excluding carboxylic acids is 1. The van der Waals surface area contributed by atoms with E-state index in [1.807, 2.05) is 0 Å². The molecule has 1 amide bonds. The highest BCUT2D eigenvalue weighted by Crippen LogP contribution is 2.21. The van der Waals surface area contributed by atoms with Gasteiger partial charge in [-0.15, -0.1) is 0 Å². The van der Waals surface area contributed by atoms with Crippen molar-refractivity contribution in [1.29, 1.82) is 0 Å². The van der Waals surface area contributed by atoms with Crippen LogP contribution in [0.4, 0.5) is 9.18 Å². The molecule has 0 spiro atoms. The van der Waals surface area contributed by atoms with Gasteiger partial charge < -0.3 is 9.64 Å². The Labute approximate surface area is 113 Å². The molecule has 0 bridgehead atoms. The Morgan fingerprint density at radius 1 is 1.37 bits per heavy atom. The summed E-state index contributed by atoms with van der Waals surface area (Å²) in [6, 6.07) is 0. The van der Waals surface area contributed by atoms with Gasteiger partial charge in [0.05, 0.1) is 12.8 Å². The van der Waals surface area contributed by atoms with E-state index in [0.29, 0.717) is 0 Å². The molecule has 0 aromatic rings. The molecule has 0 saturated carbocycles. The average Bonchev–Trinajstić information content (AvgIpc) is 2.16. The number of hydrogen-bond donors (Lipinski definition) is 0. The predicted molar refractivity (Wildman–Crippen MR) is 67.0 cm³/mol. The monoisotopic (exact) mass is 297 g/mol. The maximum atomic E-state index is 13.8. The average molecular weight is 297 g/mol. The van der Waals surface area contributed by atoms with Gasteiger partial charge in [0.1, 0.15) is 17.9 Å². The molecule has 112 valence electrons. The molecule has 1 aliphatic rings. The van der Waals surface area contributed by atoms with Crippen molar-refractivity contribution in [3.63, 3.8) is 0 Å². The number of halogens is 1. The van der Waals surface area contributed by atoms with Crippen LogP contribution in [-0.2, 0) is 19.0 Å². The van der Waals surface area contributed by atoms with Crippen LogP contribution in [0.5, 0.6) is 0 Å². The zero-order valence-corrected chi connectivity index (χ0v) is 12.4. The molecule has 0 N–H and O–H groups in total. The Balaban J connectivity index is 2.56. The van der Waals surface area contributed by atoms with Gasteiger partial charge in [-0.25, -0.2) is 9.18 Å². The Morgan fingerprint density at radius 3 is 2.37 bits per heavy atom. The summed E-state index contributed by atoms with van der Waals surface area (Å²) in [5.41, 5.74) is -0.650. The van der Waals surface area contributed by atoms with E-state index in [1.54, 1.807) is 20.8 Å². The maximum absolute atomic E-state index is 13.8. The van der Waals surface area contributed by atoms with Crippen LogP contribution in [0, 0.1) is 0 Å². The molecule has 1 rings (SSSR count). The van der Waals surface area contributed by atoms with E-state index in [4.69, 9.17) is 4.74 Å². The molecule has 1 fully saturated rings. The van der Waals surface area contributed by atoms with Gasteiger partial charge >= 0.3 is 6.09 Å². The first-order valence-electron chi connectivity index (χ1n) is 5.98. The standard InChI is InChI=1S/C11H20FNO5S/c1-11(2,3)17-10(14)13-6-5-9(8(12)7-13)18-19(4,15)16/h8-9H,5-7H2,1-4H3/t8-,9?/m0/s1. The van der Waals surface area contributed by atoms with Crippen LogP contribution >= 0.6 is 0 Å². The van der Waals surface area contributed by atoms with Crippen molar-refractivity contribution in [3.05, 3.63) is 0 Å². The van der Waals surface area contributed by atoms with Crippen molar-refractivity contribution in [2.45, 2.75) is 45.1 Å². The number of ether oxygens (including phenoxy) is 1. The lowest BCUT2D eigenvalue weighted by Crippen LogP contribution is -2.49. The van der Waals surface area contributed by atoms with Crippen molar-refractivity contribution in [1.82, 2.24) is 4.90 Å². The normalized spacial score (nSPS) is 25.2. The van der Waals surface area contributed by atoms with Gasteiger partial charge in [0, 0.05) is 6.54 Å². The molecule has 1 unspecified atom stereocenters. The van der Waals surface area contributed by atoms with E-state index < -0.39 is 34.1 Å². The Morgan fingerprint density at radius 2 is 1.95 bits per heavy atom. The second-order valence-corrected chi connectivity index (χ2v) is 7.17. The Kier molecular flexibility index (Phi) is 4.78. The highest BCUT2D eigenvalue weighted by atomic mass is 32.2. The predicted octanol–water partition coefficient (Wildman–Crippen LogP) is 1.31. The summed E-state index contributed by atoms with van der Waals surface area (Å²) in [6.45, 7) is 5.14. The van der Waals surface area contributed by atoms with Gasteiger partial charge in [0.2, 0.25) is 0 Å². The van der Waals surface area contributed by atoms with Gasteiger partial charge in [0.25, 0.3) is 10.1 Å². The van der Waals surface area contributed by atoms with Crippen LogP contribution in [0.3, 0.4) is 0 Å². The number of carbonyl (C=O) groups is 1. The van der Waals surface area contributed by atoms with Crippen molar-refractivity contribution in [3.8, 4) is 0 Å². The van der Waals surface area contributed by atoms with Crippen molar-refractivity contribution in [2.24, 2.45) is 0 Å². The van der Waals surface area contributed by atoms with Crippen LogP contribution in [0.1, 0.15) is 27.2 Å². The SMILES string of the molecule is CC(C)(C)OC(=O)N1CCC(OS(C)(=O)=O)[C@@H](F)C1. The summed E-state index contributed by atoms with van der Waals surface area (Å²) < 4.78 is 45.5. The lowest BCUT2D eigenvalue weighted by atomic mass is 10.1. The van der Waals surface area contributed by atoms with Crippen LogP contribution < -0.4 is 0 Å². The van der Waals surface area contributed by atoms with Crippen LogP contribution in [0.15, 0.2) is 0 Å². The molecule has 8 heteroatoms. The van der Waals surface area contributed by atoms with Crippen LogP contribution in [-0.4, -0.2) is 56.6 Å². The molecule has 19 heavy (non-hydrogen) atoms. The highest BCUT2D eigenvalue weighted by molar-refractivity contribution is 7.86. The number of amides is 1. The van der Waals surface area contributed by atoms with E-state index in [-0.39, 0.29) is 19.5 Å². The number of alkyl halides is 1. The number of piperidine rings is 1. The summed E-state index contributed by atoms with van der Waals surface area (Å²) in [6.07, 6.45) is -2.19. The first-order valence-corrected chi connectivity index (χ1v) is 7.80. The lowest BCUT2D eigenvalue weighted by molar-refractivity contribution is -0.00872. The fourth-order valence-electron chi connectivity index (χ4n) is 1.71. The summed E-state index contributed by atoms with van der Waals surface area (Å²) in [5, 5.41) is 0. The summed E-state index contributed by atoms with van der Waals surface area (Å²) in [7, 11) is -3.70. The third kappa shape index (κ3) is 5.73. The second-order valence-electron chi connectivity index (χ2n) is 5.57. The van der Waals surface area contributed by atoms with E-state index in [2.05, 4.69) is 4.18 Å². The molecular formula is C11H20FNO5S. The van der Waals surface area contributed by atoms with Gasteiger partial charge in [-0.1, -0.05) is 0 Å². The molecule has 0 aromatic heterocycles. The fraction of sp³-hybridized carbons (Fsp3) is 0.909. The minimum Gasteiger partial charge on any atom is -0.444 e. The first kappa shape index (κ1) is 16.2. The van der Waals surface area contributed by atoms with E-state index >= 15 is 0 Å². The minimum absolute atomic E-state index is 0.119. The molecule has 6 nitrogen and oxygen atoms in total. The van der Waals surface area contributed by atoms with Gasteiger partial charge in [-0.2, -0.15) is 8.42 Å². The molecule has 2 atom stereocenters. The van der Waals surface area contributed by atoms with Crippen molar-refractivity contribution in [2.75, 3.05) is 19.3 Å². The Bertz CT molecular complexity index is 431. The molecule has 0 aromatic carbocycles. The fourth-order valence-corrected chi connectivity index (χ4v) is 2.37. The number of likely N-dealkylation sites (tertiary alicyclic amines) is 1. The number of rotatable bonds is 2. The topological polar surface area (TPSA) is 72.9 Å². The zero-order valence-electron chi connectivity index (χ0n) is 11.6. The van der Waals surface area contributed by atoms with E-state index in [0.717, 1.165) is 6.26 Å². The third-order valence-corrected chi connectivity index (χ3v) is 3.03. The second kappa shape index (κ2) is 5.62. The molecule has 1 saturated heterocycles. The van der Waals surface area contributed by atoms with Crippen molar-refractivity contribution >= 4 is 16.2 Å². The molecule has 0 aliphatic carbocycles. The highest BCUT2D eigenvalue weighted by Gasteiger charge is 2.35. The molecule has 1 heterocycles. The quantitative estimate of drug-likeness (QED) is 0.719. The summed E-state index contributed by atoms with van der Waals surface area (Å²) in [5.74, 6) is 0. The van der Waals surface area contributed by atoms with Crippen LogP contribution in [0.2, 0.25) is 0 Å². The Hall–Kier alpha value is -0.890. The van der Waals surface area contributed by atoms with Gasteiger partial charge in [-0.05, 0) is 27.2 Å². The molecule has 0 radical (unpaired) electrons. The number of hydrogen-bond acceptors (Lipinski definition) is 5. The molecule has 1 aliphatic heterocycles. The summed E-state index contributed by atoms with van der Waals surface area (Å²) in [4.78, 5) is 12.9.